The second-order valence-electron chi connectivity index (χ2n) is 4.07. The van der Waals surface area contributed by atoms with Crippen LogP contribution in [0.15, 0.2) is 36.5 Å². The van der Waals surface area contributed by atoms with Crippen molar-refractivity contribution in [1.29, 1.82) is 0 Å². The topological polar surface area (TPSA) is 124 Å². The maximum absolute atomic E-state index is 11.1. The van der Waals surface area contributed by atoms with Crippen molar-refractivity contribution in [2.24, 2.45) is 0 Å². The van der Waals surface area contributed by atoms with Crippen molar-refractivity contribution in [1.82, 2.24) is 19.7 Å². The Balaban J connectivity index is 2.28. The van der Waals surface area contributed by atoms with Gasteiger partial charge in [-0.15, -0.1) is 4.68 Å². The number of aromatic nitrogens is 4. The van der Waals surface area contributed by atoms with E-state index in [1.165, 1.54) is 12.3 Å². The predicted molar refractivity (Wildman–Crippen MR) is 70.3 cm³/mol. The predicted octanol–water partition coefficient (Wildman–Crippen LogP) is 1.42. The van der Waals surface area contributed by atoms with Crippen molar-refractivity contribution in [3.8, 4) is 5.82 Å². The Morgan fingerprint density at radius 1 is 1.24 bits per heavy atom. The van der Waals surface area contributed by atoms with Crippen LogP contribution in [0.1, 0.15) is 10.6 Å². The van der Waals surface area contributed by atoms with Gasteiger partial charge in [-0.05, 0) is 17.1 Å². The number of carboxylic acids is 1. The molecule has 9 nitrogen and oxygen atoms in total. The van der Waals surface area contributed by atoms with Crippen molar-refractivity contribution < 1.29 is 14.8 Å². The number of hydrogen-bond acceptors (Lipinski definition) is 6. The van der Waals surface area contributed by atoms with E-state index < -0.39 is 16.7 Å². The van der Waals surface area contributed by atoms with E-state index in [0.29, 0.717) is 10.9 Å². The van der Waals surface area contributed by atoms with Crippen LogP contribution in [0.5, 0.6) is 0 Å². The summed E-state index contributed by atoms with van der Waals surface area (Å²) in [6.07, 6.45) is 1.35. The van der Waals surface area contributed by atoms with E-state index in [0.717, 1.165) is 4.68 Å². The van der Waals surface area contributed by atoms with E-state index in [1.807, 2.05) is 0 Å². The molecule has 1 N–H and O–H groups in total. The van der Waals surface area contributed by atoms with Gasteiger partial charge in [0.15, 0.2) is 5.82 Å². The van der Waals surface area contributed by atoms with Gasteiger partial charge in [-0.25, -0.2) is 9.78 Å². The molecule has 0 saturated carbocycles. The number of benzene rings is 1. The largest absolute Gasteiger partial charge is 0.475 e. The summed E-state index contributed by atoms with van der Waals surface area (Å²) >= 11 is 0. The fourth-order valence-corrected chi connectivity index (χ4v) is 1.86. The lowest BCUT2D eigenvalue weighted by molar-refractivity contribution is -0.389. The average Bonchev–Trinajstić information content (AvgIpc) is 2.96. The Morgan fingerprint density at radius 2 is 2.00 bits per heavy atom. The molecule has 3 aromatic rings. The molecule has 21 heavy (non-hydrogen) atoms. The number of hydrogen-bond donors (Lipinski definition) is 1. The number of nitrogens with zero attached hydrogens (tertiary/aromatic N) is 5. The highest BCUT2D eigenvalue weighted by atomic mass is 16.6. The van der Waals surface area contributed by atoms with Gasteiger partial charge in [0.25, 0.3) is 0 Å². The first kappa shape index (κ1) is 12.7. The smallest absolute Gasteiger partial charge is 0.390 e. The van der Waals surface area contributed by atoms with Gasteiger partial charge in [-0.1, -0.05) is 12.1 Å². The Morgan fingerprint density at radius 3 is 2.67 bits per heavy atom. The second kappa shape index (κ2) is 4.63. The van der Waals surface area contributed by atoms with E-state index in [-0.39, 0.29) is 11.6 Å². The van der Waals surface area contributed by atoms with Gasteiger partial charge in [-0.2, -0.15) is 4.98 Å². The summed E-state index contributed by atoms with van der Waals surface area (Å²) in [5, 5.41) is 24.0. The fourth-order valence-electron chi connectivity index (χ4n) is 1.86. The highest BCUT2D eigenvalue weighted by Crippen LogP contribution is 2.20. The van der Waals surface area contributed by atoms with Crippen molar-refractivity contribution in [2.75, 3.05) is 0 Å². The van der Waals surface area contributed by atoms with E-state index in [1.54, 1.807) is 24.3 Å². The van der Waals surface area contributed by atoms with Crippen molar-refractivity contribution in [3.63, 3.8) is 0 Å². The molecule has 2 aromatic heterocycles. The molecule has 0 saturated heterocycles. The molecule has 0 aliphatic rings. The monoisotopic (exact) mass is 285 g/mol. The average molecular weight is 285 g/mol. The number of para-hydroxylation sites is 1. The van der Waals surface area contributed by atoms with Crippen molar-refractivity contribution in [2.45, 2.75) is 0 Å². The molecule has 9 heteroatoms. The first-order valence-corrected chi connectivity index (χ1v) is 5.77. The number of nitro groups is 1. The number of rotatable bonds is 3. The summed E-state index contributed by atoms with van der Waals surface area (Å²) in [7, 11) is 0. The maximum atomic E-state index is 11.1. The molecule has 2 heterocycles. The third kappa shape index (κ3) is 2.16. The highest BCUT2D eigenvalue weighted by Gasteiger charge is 2.18. The van der Waals surface area contributed by atoms with Gasteiger partial charge in [0.05, 0.1) is 22.9 Å². The molecule has 104 valence electrons. The molecule has 0 aliphatic carbocycles. The zero-order chi connectivity index (χ0) is 15.0. The molecule has 0 fully saturated rings. The molecule has 0 radical (unpaired) electrons. The SMILES string of the molecule is O=C(O)c1nc(-n2ccc([N+](=O)[O-])n2)c2ccccc2n1. The molecule has 0 bridgehead atoms. The number of aromatic carboxylic acids is 1. The van der Waals surface area contributed by atoms with Crippen LogP contribution in [0, 0.1) is 10.1 Å². The number of carbonyl (C=O) groups is 1. The molecule has 0 spiro atoms. The van der Waals surface area contributed by atoms with E-state index in [9.17, 15) is 14.9 Å². The van der Waals surface area contributed by atoms with Crippen LogP contribution in [-0.2, 0) is 0 Å². The minimum Gasteiger partial charge on any atom is -0.475 e. The number of fused-ring (bicyclic) bond motifs is 1. The molecular weight excluding hydrogens is 278 g/mol. The lowest BCUT2D eigenvalue weighted by Crippen LogP contribution is -2.09. The fraction of sp³-hybridized carbons (Fsp3) is 0. The van der Waals surface area contributed by atoms with Crippen molar-refractivity contribution >= 4 is 22.7 Å². The van der Waals surface area contributed by atoms with Crippen LogP contribution in [0.25, 0.3) is 16.7 Å². The maximum Gasteiger partial charge on any atom is 0.390 e. The first-order valence-electron chi connectivity index (χ1n) is 5.77. The van der Waals surface area contributed by atoms with Gasteiger partial charge in [0, 0.05) is 5.39 Å². The standard InChI is InChI=1S/C12H7N5O4/c18-12(19)10-13-8-4-2-1-3-7(8)11(14-10)16-6-5-9(15-16)17(20)21/h1-6H,(H,18,19). The van der Waals surface area contributed by atoms with Gasteiger partial charge < -0.3 is 15.2 Å². The Bertz CT molecular complexity index is 873. The summed E-state index contributed by atoms with van der Waals surface area (Å²) in [6, 6.07) is 7.95. The van der Waals surface area contributed by atoms with Crippen LogP contribution in [0.4, 0.5) is 5.82 Å². The Hall–Kier alpha value is -3.36. The Labute approximate surface area is 116 Å². The van der Waals surface area contributed by atoms with Crippen LogP contribution in [0.2, 0.25) is 0 Å². The number of carboxylic acid groups (broad SMARTS) is 1. The lowest BCUT2D eigenvalue weighted by Gasteiger charge is -2.03. The molecular formula is C12H7N5O4. The van der Waals surface area contributed by atoms with Gasteiger partial charge in [-0.3, -0.25) is 0 Å². The lowest BCUT2D eigenvalue weighted by atomic mass is 10.2. The van der Waals surface area contributed by atoms with Crippen LogP contribution >= 0.6 is 0 Å². The van der Waals surface area contributed by atoms with Crippen LogP contribution in [-0.4, -0.2) is 35.7 Å². The molecule has 0 amide bonds. The molecule has 0 aliphatic heterocycles. The summed E-state index contributed by atoms with van der Waals surface area (Å²) in [5.41, 5.74) is 0.415. The second-order valence-corrected chi connectivity index (χ2v) is 4.07. The van der Waals surface area contributed by atoms with Gasteiger partial charge in [0.2, 0.25) is 5.82 Å². The summed E-state index contributed by atoms with van der Waals surface area (Å²) in [6.45, 7) is 0. The van der Waals surface area contributed by atoms with E-state index >= 15 is 0 Å². The highest BCUT2D eigenvalue weighted by molar-refractivity contribution is 5.91. The molecule has 1 aromatic carbocycles. The minimum absolute atomic E-state index is 0.172. The summed E-state index contributed by atoms with van der Waals surface area (Å²) < 4.78 is 1.16. The van der Waals surface area contributed by atoms with E-state index in [4.69, 9.17) is 5.11 Å². The third-order valence-electron chi connectivity index (χ3n) is 2.75. The van der Waals surface area contributed by atoms with Gasteiger partial charge in [0.1, 0.15) is 0 Å². The summed E-state index contributed by atoms with van der Waals surface area (Å²) in [5.74, 6) is -1.87. The quantitative estimate of drug-likeness (QED) is 0.570. The molecule has 3 rings (SSSR count). The first-order chi connectivity index (χ1) is 10.1. The van der Waals surface area contributed by atoms with E-state index in [2.05, 4.69) is 15.1 Å². The van der Waals surface area contributed by atoms with Crippen LogP contribution < -0.4 is 0 Å². The zero-order valence-corrected chi connectivity index (χ0v) is 10.4. The third-order valence-corrected chi connectivity index (χ3v) is 2.75. The summed E-state index contributed by atoms with van der Waals surface area (Å²) in [4.78, 5) is 29.0. The minimum atomic E-state index is -1.29. The van der Waals surface area contributed by atoms with Crippen molar-refractivity contribution in [3.05, 3.63) is 52.5 Å². The molecule has 0 atom stereocenters. The van der Waals surface area contributed by atoms with Gasteiger partial charge >= 0.3 is 11.8 Å². The van der Waals surface area contributed by atoms with Crippen LogP contribution in [0.3, 0.4) is 0 Å². The zero-order valence-electron chi connectivity index (χ0n) is 10.4. The normalized spacial score (nSPS) is 10.7. The Kier molecular flexibility index (Phi) is 2.79. The molecule has 0 unspecified atom stereocenters.